The minimum Gasteiger partial charge on any atom is -0.294 e. The normalized spacial score (nSPS) is 11.6. The molecule has 0 atom stereocenters. The van der Waals surface area contributed by atoms with Gasteiger partial charge in [-0.15, -0.1) is 0 Å². The molecule has 3 rings (SSSR count). The van der Waals surface area contributed by atoms with Crippen LogP contribution in [-0.4, -0.2) is 15.6 Å². The smallest absolute Gasteiger partial charge is 0.294 e. The van der Waals surface area contributed by atoms with Gasteiger partial charge in [-0.1, -0.05) is 35.3 Å². The molecule has 2 aromatic carbocycles. The van der Waals surface area contributed by atoms with E-state index in [4.69, 9.17) is 23.2 Å². The van der Waals surface area contributed by atoms with Crippen molar-refractivity contribution in [3.05, 3.63) is 87.2 Å². The van der Waals surface area contributed by atoms with Crippen LogP contribution < -0.4 is 0 Å². The maximum absolute atomic E-state index is 13.2. The third-order valence-corrected chi connectivity index (χ3v) is 4.48. The molecule has 0 fully saturated rings. The zero-order valence-electron chi connectivity index (χ0n) is 13.8. The van der Waals surface area contributed by atoms with Gasteiger partial charge in [-0.2, -0.15) is 18.3 Å². The van der Waals surface area contributed by atoms with Crippen molar-refractivity contribution in [2.45, 2.75) is 19.1 Å². The summed E-state index contributed by atoms with van der Waals surface area (Å²) >= 11 is 11.8. The van der Waals surface area contributed by atoms with E-state index in [1.807, 2.05) is 0 Å². The van der Waals surface area contributed by atoms with Crippen LogP contribution in [0.2, 0.25) is 10.0 Å². The Bertz CT molecular complexity index is 983. The summed E-state index contributed by atoms with van der Waals surface area (Å²) in [4.78, 5) is 12.3. The minimum absolute atomic E-state index is 0.00158. The highest BCUT2D eigenvalue weighted by molar-refractivity contribution is 6.34. The Hall–Kier alpha value is -2.31. The zero-order chi connectivity index (χ0) is 19.6. The molecule has 0 N–H and O–H groups in total. The van der Waals surface area contributed by atoms with Gasteiger partial charge in [-0.3, -0.25) is 9.48 Å². The molecule has 0 aliphatic heterocycles. The van der Waals surface area contributed by atoms with Crippen molar-refractivity contribution >= 4 is 29.0 Å². The van der Waals surface area contributed by atoms with Crippen molar-refractivity contribution in [3.63, 3.8) is 0 Å². The van der Waals surface area contributed by atoms with Gasteiger partial charge in [0.15, 0.2) is 5.78 Å². The van der Waals surface area contributed by atoms with Crippen LogP contribution in [0, 0.1) is 0 Å². The molecule has 0 amide bonds. The summed E-state index contributed by atoms with van der Waals surface area (Å²) in [6, 6.07) is 11.7. The van der Waals surface area contributed by atoms with Crippen LogP contribution in [0.15, 0.2) is 54.7 Å². The lowest BCUT2D eigenvalue weighted by Gasteiger charge is -2.13. The van der Waals surface area contributed by atoms with Crippen molar-refractivity contribution in [1.29, 1.82) is 0 Å². The molecule has 0 unspecified atom stereocenters. The van der Waals surface area contributed by atoms with E-state index in [1.54, 1.807) is 30.3 Å². The summed E-state index contributed by atoms with van der Waals surface area (Å²) in [6.45, 7) is -0.115. The van der Waals surface area contributed by atoms with Gasteiger partial charge < -0.3 is 0 Å². The predicted molar refractivity (Wildman–Crippen MR) is 97.3 cm³/mol. The van der Waals surface area contributed by atoms with Crippen LogP contribution in [0.4, 0.5) is 13.2 Å². The molecule has 0 saturated heterocycles. The molecule has 1 heterocycles. The Morgan fingerprint density at radius 3 is 2.52 bits per heavy atom. The number of benzene rings is 2. The molecular weight excluding hydrogens is 400 g/mol. The number of alkyl halides is 3. The average molecular weight is 413 g/mol. The molecule has 0 aliphatic rings. The number of rotatable bonds is 5. The lowest BCUT2D eigenvalue weighted by molar-refractivity contribution is -0.138. The van der Waals surface area contributed by atoms with E-state index in [-0.39, 0.29) is 29.3 Å². The average Bonchev–Trinajstić information content (AvgIpc) is 3.01. The van der Waals surface area contributed by atoms with Gasteiger partial charge >= 0.3 is 6.18 Å². The highest BCUT2D eigenvalue weighted by atomic mass is 35.5. The van der Waals surface area contributed by atoms with E-state index < -0.39 is 11.7 Å². The fourth-order valence-corrected chi connectivity index (χ4v) is 3.11. The first-order chi connectivity index (χ1) is 12.7. The second-order valence-electron chi connectivity index (χ2n) is 5.88. The van der Waals surface area contributed by atoms with Gasteiger partial charge in [0.1, 0.15) is 0 Å². The van der Waals surface area contributed by atoms with Crippen LogP contribution in [0.25, 0.3) is 0 Å². The molecule has 0 saturated carbocycles. The lowest BCUT2D eigenvalue weighted by Crippen LogP contribution is -2.12. The van der Waals surface area contributed by atoms with Crippen LogP contribution >= 0.6 is 23.2 Å². The molecule has 0 aliphatic carbocycles. The first kappa shape index (κ1) is 19.5. The second kappa shape index (κ2) is 7.74. The Morgan fingerprint density at radius 1 is 1.07 bits per heavy atom. The van der Waals surface area contributed by atoms with Crippen LogP contribution in [0.5, 0.6) is 0 Å². The molecular formula is C19H13Cl2F3N2O. The van der Waals surface area contributed by atoms with Gasteiger partial charge in [-0.05, 0) is 42.0 Å². The van der Waals surface area contributed by atoms with Crippen molar-refractivity contribution in [3.8, 4) is 0 Å². The topological polar surface area (TPSA) is 34.9 Å². The van der Waals surface area contributed by atoms with Crippen molar-refractivity contribution in [1.82, 2.24) is 9.78 Å². The standard InChI is InChI=1S/C19H13Cl2F3N2O/c20-13-5-6-16(19(22,23)24)12(9-13)11-26-8-7-14(25-26)10-18(27)15-3-1-2-4-17(15)21/h1-9H,10-11H2. The number of nitrogens with zero attached hydrogens (tertiary/aromatic N) is 2. The quantitative estimate of drug-likeness (QED) is 0.505. The molecule has 1 aromatic heterocycles. The van der Waals surface area contributed by atoms with E-state index >= 15 is 0 Å². The number of hydrogen-bond acceptors (Lipinski definition) is 2. The molecule has 140 valence electrons. The maximum atomic E-state index is 13.2. The second-order valence-corrected chi connectivity index (χ2v) is 6.73. The van der Waals surface area contributed by atoms with Gasteiger partial charge in [0.25, 0.3) is 0 Å². The molecule has 0 spiro atoms. The van der Waals surface area contributed by atoms with Crippen LogP contribution in [0.3, 0.4) is 0 Å². The number of Topliss-reactive ketones (excluding diaryl/α,β-unsaturated/α-hetero) is 1. The minimum atomic E-state index is -4.49. The third-order valence-electron chi connectivity index (χ3n) is 3.92. The van der Waals surface area contributed by atoms with Gasteiger partial charge in [-0.25, -0.2) is 0 Å². The summed E-state index contributed by atoms with van der Waals surface area (Å²) in [6.07, 6.45) is -2.97. The fourth-order valence-electron chi connectivity index (χ4n) is 2.68. The summed E-state index contributed by atoms with van der Waals surface area (Å²) in [7, 11) is 0. The molecule has 8 heteroatoms. The first-order valence-electron chi connectivity index (χ1n) is 7.90. The highest BCUT2D eigenvalue weighted by Crippen LogP contribution is 2.33. The molecule has 0 bridgehead atoms. The van der Waals surface area contributed by atoms with E-state index in [9.17, 15) is 18.0 Å². The highest BCUT2D eigenvalue weighted by Gasteiger charge is 2.33. The summed E-state index contributed by atoms with van der Waals surface area (Å²) in [5.41, 5.74) is 0.0524. The lowest BCUT2D eigenvalue weighted by atomic mass is 10.1. The monoisotopic (exact) mass is 412 g/mol. The molecule has 3 aromatic rings. The predicted octanol–water partition coefficient (Wildman–Crippen LogP) is 5.68. The van der Waals surface area contributed by atoms with E-state index in [1.165, 1.54) is 23.0 Å². The number of hydrogen-bond donors (Lipinski definition) is 0. The number of carbonyl (C=O) groups is 1. The molecule has 27 heavy (non-hydrogen) atoms. The number of aromatic nitrogens is 2. The van der Waals surface area contributed by atoms with E-state index in [0.717, 1.165) is 6.07 Å². The van der Waals surface area contributed by atoms with Crippen LogP contribution in [0.1, 0.15) is 27.2 Å². The van der Waals surface area contributed by atoms with Gasteiger partial charge in [0.05, 0.1) is 29.2 Å². The van der Waals surface area contributed by atoms with Gasteiger partial charge in [0, 0.05) is 16.8 Å². The Morgan fingerprint density at radius 2 is 1.81 bits per heavy atom. The molecule has 0 radical (unpaired) electrons. The Balaban J connectivity index is 1.79. The number of carbonyl (C=O) groups excluding carboxylic acids is 1. The third kappa shape index (κ3) is 4.70. The van der Waals surface area contributed by atoms with E-state index in [2.05, 4.69) is 5.10 Å². The number of halogens is 5. The Labute approximate surface area is 163 Å². The fraction of sp³-hybridized carbons (Fsp3) is 0.158. The number of ketones is 1. The molecule has 3 nitrogen and oxygen atoms in total. The van der Waals surface area contributed by atoms with Crippen molar-refractivity contribution < 1.29 is 18.0 Å². The maximum Gasteiger partial charge on any atom is 0.416 e. The van der Waals surface area contributed by atoms with Crippen LogP contribution in [-0.2, 0) is 19.1 Å². The SMILES string of the molecule is O=C(Cc1ccn(Cc2cc(Cl)ccc2C(F)(F)F)n1)c1ccccc1Cl. The van der Waals surface area contributed by atoms with E-state index in [0.29, 0.717) is 16.3 Å². The first-order valence-corrected chi connectivity index (χ1v) is 8.65. The Kier molecular flexibility index (Phi) is 5.58. The van der Waals surface area contributed by atoms with Crippen molar-refractivity contribution in [2.75, 3.05) is 0 Å². The summed E-state index contributed by atoms with van der Waals surface area (Å²) < 4.78 is 40.8. The van der Waals surface area contributed by atoms with Crippen molar-refractivity contribution in [2.24, 2.45) is 0 Å². The largest absolute Gasteiger partial charge is 0.416 e. The summed E-state index contributed by atoms with van der Waals surface area (Å²) in [5.74, 6) is -0.218. The zero-order valence-corrected chi connectivity index (χ0v) is 15.3. The van der Waals surface area contributed by atoms with Gasteiger partial charge in [0.2, 0.25) is 0 Å². The summed E-state index contributed by atoms with van der Waals surface area (Å²) in [5, 5.41) is 4.75.